The molecule has 1 aromatic heterocycles. The molecule has 1 aliphatic heterocycles. The predicted octanol–water partition coefficient (Wildman–Crippen LogP) is 2.02. The molecule has 0 saturated carbocycles. The molecule has 2 heterocycles. The number of carbonyl (C=O) groups is 1. The van der Waals surface area contributed by atoms with Gasteiger partial charge >= 0.3 is 0 Å². The molecule has 7 heteroatoms. The van der Waals surface area contributed by atoms with Crippen LogP contribution in [0.4, 0.5) is 0 Å². The van der Waals surface area contributed by atoms with Crippen LogP contribution in [0.1, 0.15) is 34.3 Å². The average Bonchev–Trinajstić information content (AvgIpc) is 2.63. The number of nitrogens with zero attached hydrogens (tertiary/aromatic N) is 2. The van der Waals surface area contributed by atoms with Crippen molar-refractivity contribution in [2.24, 2.45) is 0 Å². The fourth-order valence-corrected chi connectivity index (χ4v) is 4.10. The highest BCUT2D eigenvalue weighted by molar-refractivity contribution is 7.89. The van der Waals surface area contributed by atoms with Gasteiger partial charge in [-0.25, -0.2) is 8.42 Å². The molecule has 0 atom stereocenters. The van der Waals surface area contributed by atoms with Gasteiger partial charge in [-0.05, 0) is 48.2 Å². The maximum Gasteiger partial charge on any atom is 0.251 e. The number of rotatable bonds is 6. The first-order valence-electron chi connectivity index (χ1n) is 9.08. The van der Waals surface area contributed by atoms with Crippen molar-refractivity contribution in [2.75, 3.05) is 19.3 Å². The van der Waals surface area contributed by atoms with Crippen molar-refractivity contribution in [2.45, 2.75) is 31.2 Å². The molecular formula is C20H25N3O3S. The Hall–Kier alpha value is -2.25. The van der Waals surface area contributed by atoms with Crippen LogP contribution in [0.2, 0.25) is 0 Å². The Balaban J connectivity index is 1.48. The van der Waals surface area contributed by atoms with Crippen LogP contribution in [0.25, 0.3) is 0 Å². The summed E-state index contributed by atoms with van der Waals surface area (Å²) in [6, 6.07) is 11.0. The first-order chi connectivity index (χ1) is 12.9. The minimum atomic E-state index is -3.07. The first kappa shape index (κ1) is 19.5. The quantitative estimate of drug-likeness (QED) is 0.820. The lowest BCUT2D eigenvalue weighted by atomic mass is 10.0. The van der Waals surface area contributed by atoms with Gasteiger partial charge in [0.05, 0.1) is 5.75 Å². The molecule has 0 unspecified atom stereocenters. The summed E-state index contributed by atoms with van der Waals surface area (Å²) < 4.78 is 22.7. The number of likely N-dealkylation sites (tertiary alicyclic amines) is 1. The Morgan fingerprint density at radius 3 is 2.30 bits per heavy atom. The average molecular weight is 388 g/mol. The van der Waals surface area contributed by atoms with Crippen LogP contribution in [-0.2, 0) is 22.1 Å². The molecule has 27 heavy (non-hydrogen) atoms. The van der Waals surface area contributed by atoms with Crippen molar-refractivity contribution in [3.63, 3.8) is 0 Å². The van der Waals surface area contributed by atoms with E-state index in [0.717, 1.165) is 32.5 Å². The molecule has 1 saturated heterocycles. The van der Waals surface area contributed by atoms with Gasteiger partial charge in [0.15, 0.2) is 9.84 Å². The fraction of sp³-hybridized carbons (Fsp3) is 0.400. The van der Waals surface area contributed by atoms with Gasteiger partial charge in [0.25, 0.3) is 5.91 Å². The van der Waals surface area contributed by atoms with Crippen LogP contribution >= 0.6 is 0 Å². The third-order valence-corrected chi connectivity index (χ3v) is 5.58. The molecule has 144 valence electrons. The molecule has 1 aromatic carbocycles. The highest BCUT2D eigenvalue weighted by Gasteiger charge is 2.21. The van der Waals surface area contributed by atoms with Gasteiger partial charge in [-0.1, -0.05) is 12.1 Å². The molecule has 2 aromatic rings. The Morgan fingerprint density at radius 2 is 1.70 bits per heavy atom. The van der Waals surface area contributed by atoms with Gasteiger partial charge in [-0.2, -0.15) is 0 Å². The van der Waals surface area contributed by atoms with Crippen molar-refractivity contribution < 1.29 is 13.2 Å². The monoisotopic (exact) mass is 387 g/mol. The standard InChI is InChI=1S/C20H25N3O3S/c1-27(25,26)15-17-2-4-18(5-3-17)20(24)22-19-8-12-23(13-9-19)14-16-6-10-21-11-7-16/h2-7,10-11,19H,8-9,12-15H2,1H3,(H,22,24). The van der Waals surface area contributed by atoms with E-state index < -0.39 is 9.84 Å². The molecule has 3 rings (SSSR count). The van der Waals surface area contributed by atoms with Crippen molar-refractivity contribution in [1.82, 2.24) is 15.2 Å². The van der Waals surface area contributed by atoms with Crippen LogP contribution < -0.4 is 5.32 Å². The van der Waals surface area contributed by atoms with E-state index in [-0.39, 0.29) is 17.7 Å². The summed E-state index contributed by atoms with van der Waals surface area (Å²) in [7, 11) is -3.07. The number of aromatic nitrogens is 1. The molecule has 0 bridgehead atoms. The van der Waals surface area contributed by atoms with Gasteiger partial charge in [0, 0.05) is 49.9 Å². The topological polar surface area (TPSA) is 79.4 Å². The lowest BCUT2D eigenvalue weighted by Crippen LogP contribution is -2.44. The SMILES string of the molecule is CS(=O)(=O)Cc1ccc(C(=O)NC2CCN(Cc3ccncc3)CC2)cc1. The first-order valence-corrected chi connectivity index (χ1v) is 11.1. The number of hydrogen-bond donors (Lipinski definition) is 1. The lowest BCUT2D eigenvalue weighted by Gasteiger charge is -2.32. The van der Waals surface area contributed by atoms with Gasteiger partial charge < -0.3 is 5.32 Å². The lowest BCUT2D eigenvalue weighted by molar-refractivity contribution is 0.0909. The van der Waals surface area contributed by atoms with E-state index in [0.29, 0.717) is 11.1 Å². The third-order valence-electron chi connectivity index (χ3n) is 4.72. The molecule has 1 amide bonds. The number of pyridine rings is 1. The van der Waals surface area contributed by atoms with Crippen LogP contribution in [0.15, 0.2) is 48.8 Å². The van der Waals surface area contributed by atoms with E-state index in [1.807, 2.05) is 24.5 Å². The van der Waals surface area contributed by atoms with E-state index >= 15 is 0 Å². The molecule has 0 radical (unpaired) electrons. The number of sulfone groups is 1. The number of piperidine rings is 1. The summed E-state index contributed by atoms with van der Waals surface area (Å²) in [4.78, 5) is 18.9. The Labute approximate surface area is 160 Å². The van der Waals surface area contributed by atoms with Gasteiger partial charge in [0.1, 0.15) is 0 Å². The number of hydrogen-bond acceptors (Lipinski definition) is 5. The maximum absolute atomic E-state index is 12.4. The highest BCUT2D eigenvalue weighted by atomic mass is 32.2. The third kappa shape index (κ3) is 6.15. The van der Waals surface area contributed by atoms with Crippen LogP contribution in [0.5, 0.6) is 0 Å². The second kappa shape index (κ2) is 8.63. The molecule has 1 fully saturated rings. The predicted molar refractivity (Wildman–Crippen MR) is 105 cm³/mol. The minimum Gasteiger partial charge on any atom is -0.349 e. The van der Waals surface area contributed by atoms with Crippen LogP contribution in [-0.4, -0.2) is 49.6 Å². The summed E-state index contributed by atoms with van der Waals surface area (Å²) in [5, 5.41) is 3.09. The van der Waals surface area contributed by atoms with Crippen molar-refractivity contribution in [1.29, 1.82) is 0 Å². The Kier molecular flexibility index (Phi) is 6.23. The van der Waals surface area contributed by atoms with Crippen molar-refractivity contribution in [3.8, 4) is 0 Å². The molecule has 0 aliphatic carbocycles. The smallest absolute Gasteiger partial charge is 0.251 e. The molecule has 1 aliphatic rings. The van der Waals surface area contributed by atoms with Gasteiger partial charge in [-0.3, -0.25) is 14.7 Å². The number of amides is 1. The van der Waals surface area contributed by atoms with Crippen LogP contribution in [0, 0.1) is 0 Å². The zero-order valence-corrected chi connectivity index (χ0v) is 16.3. The van der Waals surface area contributed by atoms with Gasteiger partial charge in [-0.15, -0.1) is 0 Å². The largest absolute Gasteiger partial charge is 0.349 e. The van der Waals surface area contributed by atoms with E-state index in [1.54, 1.807) is 24.3 Å². The summed E-state index contributed by atoms with van der Waals surface area (Å²) in [5.74, 6) is -0.112. The summed E-state index contributed by atoms with van der Waals surface area (Å²) >= 11 is 0. The van der Waals surface area contributed by atoms with Crippen molar-refractivity contribution in [3.05, 3.63) is 65.5 Å². The normalized spacial score (nSPS) is 16.2. The van der Waals surface area contributed by atoms with E-state index in [1.165, 1.54) is 11.8 Å². The molecule has 1 N–H and O–H groups in total. The molecular weight excluding hydrogens is 362 g/mol. The maximum atomic E-state index is 12.4. The Morgan fingerprint density at radius 1 is 1.07 bits per heavy atom. The highest BCUT2D eigenvalue weighted by Crippen LogP contribution is 2.15. The summed E-state index contributed by atoms with van der Waals surface area (Å²) in [5.41, 5.74) is 2.51. The summed E-state index contributed by atoms with van der Waals surface area (Å²) in [6.07, 6.45) is 6.66. The number of nitrogens with one attached hydrogen (secondary N) is 1. The van der Waals surface area contributed by atoms with Crippen LogP contribution in [0.3, 0.4) is 0 Å². The number of benzene rings is 1. The second-order valence-electron chi connectivity index (χ2n) is 7.15. The van der Waals surface area contributed by atoms with Crippen molar-refractivity contribution >= 4 is 15.7 Å². The second-order valence-corrected chi connectivity index (χ2v) is 9.29. The number of carbonyl (C=O) groups excluding carboxylic acids is 1. The zero-order valence-electron chi connectivity index (χ0n) is 15.5. The van der Waals surface area contributed by atoms with E-state index in [4.69, 9.17) is 0 Å². The molecule has 6 nitrogen and oxygen atoms in total. The van der Waals surface area contributed by atoms with Gasteiger partial charge in [0.2, 0.25) is 0 Å². The zero-order chi connectivity index (χ0) is 19.3. The Bertz CT molecular complexity index is 859. The van der Waals surface area contributed by atoms with E-state index in [2.05, 4.69) is 15.2 Å². The summed E-state index contributed by atoms with van der Waals surface area (Å²) in [6.45, 7) is 2.80. The fourth-order valence-electron chi connectivity index (χ4n) is 3.31. The minimum absolute atomic E-state index is 0.00909. The molecule has 0 spiro atoms. The van der Waals surface area contributed by atoms with E-state index in [9.17, 15) is 13.2 Å².